The second kappa shape index (κ2) is 10.3. The summed E-state index contributed by atoms with van der Waals surface area (Å²) in [7, 11) is 0. The molecule has 0 saturated heterocycles. The zero-order valence-corrected chi connectivity index (χ0v) is 22.1. The third-order valence-electron chi connectivity index (χ3n) is 5.75. The summed E-state index contributed by atoms with van der Waals surface area (Å²) >= 11 is 0. The molecule has 0 aliphatic carbocycles. The van der Waals surface area contributed by atoms with Crippen LogP contribution in [0.3, 0.4) is 0 Å². The molecule has 3 aromatic rings. The van der Waals surface area contributed by atoms with Crippen LogP contribution in [0.15, 0.2) is 90.6 Å². The van der Waals surface area contributed by atoms with Crippen molar-refractivity contribution in [2.75, 3.05) is 10.6 Å². The molecule has 3 aromatic carbocycles. The van der Waals surface area contributed by atoms with Gasteiger partial charge in [0.2, 0.25) is 0 Å². The van der Waals surface area contributed by atoms with Crippen LogP contribution in [0.25, 0.3) is 16.7 Å². The van der Waals surface area contributed by atoms with Crippen molar-refractivity contribution in [2.24, 2.45) is 0 Å². The largest absolute Gasteiger partial charge is 0.380 e. The average Bonchev–Trinajstić information content (AvgIpc) is 2.77. The van der Waals surface area contributed by atoms with E-state index in [1.165, 1.54) is 27.8 Å². The van der Waals surface area contributed by atoms with Crippen LogP contribution in [0.5, 0.6) is 0 Å². The smallest absolute Gasteiger partial charge is 0.0382 e. The highest BCUT2D eigenvalue weighted by molar-refractivity contribution is 5.69. The Bertz CT molecular complexity index is 1130. The van der Waals surface area contributed by atoms with Crippen LogP contribution in [0.2, 0.25) is 0 Å². The monoisotopic (exact) mass is 452 g/mol. The Morgan fingerprint density at radius 2 is 1.12 bits per heavy atom. The third kappa shape index (κ3) is 7.38. The number of anilines is 2. The summed E-state index contributed by atoms with van der Waals surface area (Å²) in [6.45, 7) is 17.5. The molecule has 178 valence electrons. The summed E-state index contributed by atoms with van der Waals surface area (Å²) in [4.78, 5) is 0. The molecule has 0 fully saturated rings. The Morgan fingerprint density at radius 1 is 0.618 bits per heavy atom. The zero-order chi connectivity index (χ0) is 24.9. The van der Waals surface area contributed by atoms with E-state index >= 15 is 0 Å². The fourth-order valence-electron chi connectivity index (χ4n) is 3.77. The number of hydrogen-bond acceptors (Lipinski definition) is 2. The molecule has 0 aliphatic rings. The van der Waals surface area contributed by atoms with E-state index in [4.69, 9.17) is 0 Å². The molecular weight excluding hydrogens is 412 g/mol. The van der Waals surface area contributed by atoms with E-state index in [9.17, 15) is 0 Å². The van der Waals surface area contributed by atoms with Crippen LogP contribution in [0.4, 0.5) is 11.4 Å². The van der Waals surface area contributed by atoms with E-state index < -0.39 is 0 Å². The topological polar surface area (TPSA) is 24.1 Å². The lowest BCUT2D eigenvalue weighted by atomic mass is 9.86. The predicted molar refractivity (Wildman–Crippen MR) is 151 cm³/mol. The summed E-state index contributed by atoms with van der Waals surface area (Å²) in [5.41, 5.74) is 9.87. The minimum atomic E-state index is 0.0603. The standard InChI is InChI=1S/C32H40N2/c1-23(25-11-17-28(18-12-25)31(3,4)5)9-10-24(2)33-29-19-13-26(14-20-29)27-15-21-30(22-16-27)34-32(6,7)8/h9-22,33-34H,1-8H3/b23-9+,24-10+. The van der Waals surface area contributed by atoms with Gasteiger partial charge in [0.15, 0.2) is 0 Å². The molecule has 0 amide bonds. The minimum absolute atomic E-state index is 0.0603. The molecule has 0 saturated carbocycles. The molecule has 34 heavy (non-hydrogen) atoms. The fourth-order valence-corrected chi connectivity index (χ4v) is 3.77. The first-order valence-corrected chi connectivity index (χ1v) is 12.1. The van der Waals surface area contributed by atoms with E-state index in [1.54, 1.807) is 0 Å². The number of rotatable bonds is 6. The lowest BCUT2D eigenvalue weighted by molar-refractivity contribution is 0.590. The second-order valence-corrected chi connectivity index (χ2v) is 11.2. The van der Waals surface area contributed by atoms with Gasteiger partial charge in [0.1, 0.15) is 0 Å². The number of allylic oxidation sites excluding steroid dienone is 4. The van der Waals surface area contributed by atoms with Gasteiger partial charge < -0.3 is 10.6 Å². The summed E-state index contributed by atoms with van der Waals surface area (Å²) in [5, 5.41) is 7.01. The SMILES string of the molecule is C/C(=C\C=C(/C)c1ccc(C(C)(C)C)cc1)Nc1ccc(-c2ccc(NC(C)(C)C)cc2)cc1. The van der Waals surface area contributed by atoms with E-state index in [0.29, 0.717) is 0 Å². The van der Waals surface area contributed by atoms with Crippen molar-refractivity contribution >= 4 is 16.9 Å². The first-order valence-electron chi connectivity index (χ1n) is 12.1. The molecular formula is C32H40N2. The van der Waals surface area contributed by atoms with E-state index in [0.717, 1.165) is 17.1 Å². The normalized spacial score (nSPS) is 13.1. The van der Waals surface area contributed by atoms with Crippen LogP contribution >= 0.6 is 0 Å². The predicted octanol–water partition coefficient (Wildman–Crippen LogP) is 9.28. The molecule has 0 radical (unpaired) electrons. The van der Waals surface area contributed by atoms with Crippen LogP contribution in [-0.2, 0) is 5.41 Å². The quantitative estimate of drug-likeness (QED) is 0.364. The Morgan fingerprint density at radius 3 is 1.59 bits per heavy atom. The molecule has 2 nitrogen and oxygen atoms in total. The number of benzene rings is 3. The third-order valence-corrected chi connectivity index (χ3v) is 5.75. The average molecular weight is 453 g/mol. The minimum Gasteiger partial charge on any atom is -0.380 e. The van der Waals surface area contributed by atoms with Crippen molar-refractivity contribution in [3.8, 4) is 11.1 Å². The van der Waals surface area contributed by atoms with Crippen LogP contribution < -0.4 is 10.6 Å². The first kappa shape index (κ1) is 25.4. The summed E-state index contributed by atoms with van der Waals surface area (Å²) in [5.74, 6) is 0. The van der Waals surface area contributed by atoms with Gasteiger partial charge in [-0.3, -0.25) is 0 Å². The fraction of sp³-hybridized carbons (Fsp3) is 0.312. The van der Waals surface area contributed by atoms with Gasteiger partial charge in [-0.25, -0.2) is 0 Å². The maximum absolute atomic E-state index is 3.51. The van der Waals surface area contributed by atoms with Crippen molar-refractivity contribution in [1.82, 2.24) is 0 Å². The Labute approximate surface area is 206 Å². The van der Waals surface area contributed by atoms with E-state index in [-0.39, 0.29) is 11.0 Å². The lowest BCUT2D eigenvalue weighted by Gasteiger charge is -2.22. The summed E-state index contributed by atoms with van der Waals surface area (Å²) < 4.78 is 0. The highest BCUT2D eigenvalue weighted by Gasteiger charge is 2.13. The molecule has 0 bridgehead atoms. The second-order valence-electron chi connectivity index (χ2n) is 11.2. The lowest BCUT2D eigenvalue weighted by Crippen LogP contribution is -2.25. The number of nitrogens with one attached hydrogen (secondary N) is 2. The molecule has 0 heterocycles. The van der Waals surface area contributed by atoms with Crippen molar-refractivity contribution in [3.05, 3.63) is 102 Å². The van der Waals surface area contributed by atoms with Crippen molar-refractivity contribution in [1.29, 1.82) is 0 Å². The molecule has 0 atom stereocenters. The van der Waals surface area contributed by atoms with Crippen molar-refractivity contribution in [3.63, 3.8) is 0 Å². The van der Waals surface area contributed by atoms with Crippen molar-refractivity contribution in [2.45, 2.75) is 66.3 Å². The molecule has 3 rings (SSSR count). The van der Waals surface area contributed by atoms with Gasteiger partial charge in [0.25, 0.3) is 0 Å². The first-order chi connectivity index (χ1) is 15.9. The molecule has 0 unspecified atom stereocenters. The van der Waals surface area contributed by atoms with Gasteiger partial charge in [-0.2, -0.15) is 0 Å². The highest BCUT2D eigenvalue weighted by atomic mass is 14.9. The van der Waals surface area contributed by atoms with Gasteiger partial charge >= 0.3 is 0 Å². The molecule has 0 spiro atoms. The van der Waals surface area contributed by atoms with E-state index in [2.05, 4.69) is 151 Å². The maximum atomic E-state index is 3.51. The maximum Gasteiger partial charge on any atom is 0.0382 e. The van der Waals surface area contributed by atoms with Gasteiger partial charge in [-0.05, 0) is 98.2 Å². The van der Waals surface area contributed by atoms with Gasteiger partial charge in [-0.15, -0.1) is 0 Å². The number of hydrogen-bond donors (Lipinski definition) is 2. The summed E-state index contributed by atoms with van der Waals surface area (Å²) in [6.07, 6.45) is 4.32. The zero-order valence-electron chi connectivity index (χ0n) is 22.1. The Kier molecular flexibility index (Phi) is 7.71. The van der Waals surface area contributed by atoms with Gasteiger partial charge in [0.05, 0.1) is 0 Å². The Hall–Kier alpha value is -3.26. The van der Waals surface area contributed by atoms with Crippen molar-refractivity contribution < 1.29 is 0 Å². The van der Waals surface area contributed by atoms with Crippen LogP contribution in [0, 0.1) is 0 Å². The van der Waals surface area contributed by atoms with Gasteiger partial charge in [-0.1, -0.05) is 75.4 Å². The summed E-state index contributed by atoms with van der Waals surface area (Å²) in [6, 6.07) is 26.1. The van der Waals surface area contributed by atoms with Crippen LogP contribution in [0.1, 0.15) is 66.5 Å². The Balaban J connectivity index is 1.63. The van der Waals surface area contributed by atoms with Crippen LogP contribution in [-0.4, -0.2) is 5.54 Å². The highest BCUT2D eigenvalue weighted by Crippen LogP contribution is 2.26. The van der Waals surface area contributed by atoms with E-state index in [1.807, 2.05) is 0 Å². The molecule has 0 aliphatic heterocycles. The molecule has 0 aromatic heterocycles. The molecule has 2 N–H and O–H groups in total. The van der Waals surface area contributed by atoms with Gasteiger partial charge in [0, 0.05) is 22.6 Å². The molecule has 2 heteroatoms.